The molecule has 2 aromatic rings. The molecule has 0 saturated heterocycles. The van der Waals surface area contributed by atoms with Gasteiger partial charge < -0.3 is 15.0 Å². The van der Waals surface area contributed by atoms with Gasteiger partial charge >= 0.3 is 0 Å². The third kappa shape index (κ3) is 6.40. The predicted molar refractivity (Wildman–Crippen MR) is 124 cm³/mol. The van der Waals surface area contributed by atoms with Gasteiger partial charge in [-0.25, -0.2) is 13.1 Å². The van der Waals surface area contributed by atoms with Gasteiger partial charge in [0.1, 0.15) is 0 Å². The van der Waals surface area contributed by atoms with E-state index < -0.39 is 10.0 Å². The van der Waals surface area contributed by atoms with Crippen LogP contribution in [0.15, 0.2) is 70.6 Å². The van der Waals surface area contributed by atoms with Gasteiger partial charge in [-0.3, -0.25) is 4.99 Å². The molecule has 0 amide bonds. The van der Waals surface area contributed by atoms with E-state index in [-0.39, 0.29) is 11.4 Å². The van der Waals surface area contributed by atoms with Gasteiger partial charge in [-0.15, -0.1) is 0 Å². The zero-order valence-corrected chi connectivity index (χ0v) is 18.9. The Balaban J connectivity index is 1.60. The molecule has 3 rings (SSSR count). The number of hydrogen-bond donors (Lipinski definition) is 2. The van der Waals surface area contributed by atoms with Gasteiger partial charge in [-0.2, -0.15) is 0 Å². The zero-order chi connectivity index (χ0) is 22.1. The highest BCUT2D eigenvalue weighted by Gasteiger charge is 2.17. The lowest BCUT2D eigenvalue weighted by Gasteiger charge is -2.30. The summed E-state index contributed by atoms with van der Waals surface area (Å²) in [7, 11) is -0.259. The lowest BCUT2D eigenvalue weighted by molar-refractivity contribution is 0.204. The van der Waals surface area contributed by atoms with Crippen molar-refractivity contribution in [3.05, 3.63) is 71.8 Å². The second-order valence-corrected chi connectivity index (χ2v) is 9.00. The smallest absolute Gasteiger partial charge is 0.240 e. The lowest BCUT2D eigenvalue weighted by atomic mass is 10.00. The van der Waals surface area contributed by atoms with Crippen molar-refractivity contribution in [3.8, 4) is 0 Å². The molecule has 0 atom stereocenters. The Morgan fingerprint density at radius 3 is 2.65 bits per heavy atom. The normalized spacial score (nSPS) is 15.0. The van der Waals surface area contributed by atoms with E-state index in [0.29, 0.717) is 13.2 Å². The van der Waals surface area contributed by atoms with Gasteiger partial charge in [-0.05, 0) is 35.3 Å². The molecule has 0 saturated carbocycles. The molecule has 0 bridgehead atoms. The number of nitrogens with zero attached hydrogens (tertiary/aromatic N) is 2. The first kappa shape index (κ1) is 23.0. The standard InChI is InChI=1S/C23H30N4O3S/c1-24-23(27-14-11-21(12-15-27)20-8-4-3-5-9-20)25-18-19-7-6-10-22(17-19)31(28,29)26-13-16-30-2/h3-11,17,26H,12-16,18H2,1-2H3,(H,24,25). The molecule has 31 heavy (non-hydrogen) atoms. The molecule has 0 unspecified atom stereocenters. The minimum absolute atomic E-state index is 0.237. The number of benzene rings is 2. The Kier molecular flexibility index (Phi) is 8.22. The number of hydrogen-bond acceptors (Lipinski definition) is 4. The summed E-state index contributed by atoms with van der Waals surface area (Å²) in [5.74, 6) is 0.801. The number of sulfonamides is 1. The van der Waals surface area contributed by atoms with E-state index in [0.717, 1.165) is 31.0 Å². The topological polar surface area (TPSA) is 83.0 Å². The van der Waals surface area contributed by atoms with E-state index in [1.807, 2.05) is 12.1 Å². The monoisotopic (exact) mass is 442 g/mol. The average Bonchev–Trinajstić information content (AvgIpc) is 2.81. The van der Waals surface area contributed by atoms with Gasteiger partial charge in [0.2, 0.25) is 10.0 Å². The van der Waals surface area contributed by atoms with Crippen LogP contribution in [0.2, 0.25) is 0 Å². The fraction of sp³-hybridized carbons (Fsp3) is 0.348. The largest absolute Gasteiger partial charge is 0.383 e. The summed E-state index contributed by atoms with van der Waals surface area (Å²) in [6.07, 6.45) is 3.19. The fourth-order valence-corrected chi connectivity index (χ4v) is 4.56. The molecule has 0 spiro atoms. The van der Waals surface area contributed by atoms with Crippen molar-refractivity contribution >= 4 is 21.6 Å². The molecule has 2 N–H and O–H groups in total. The Hall–Kier alpha value is -2.68. The molecular weight excluding hydrogens is 412 g/mol. The molecule has 1 aliphatic rings. The third-order valence-corrected chi connectivity index (χ3v) is 6.58. The molecule has 0 fully saturated rings. The van der Waals surface area contributed by atoms with Crippen LogP contribution >= 0.6 is 0 Å². The van der Waals surface area contributed by atoms with Crippen LogP contribution in [-0.2, 0) is 21.3 Å². The van der Waals surface area contributed by atoms with Gasteiger partial charge in [-0.1, -0.05) is 48.5 Å². The summed E-state index contributed by atoms with van der Waals surface area (Å²) in [6, 6.07) is 17.3. The summed E-state index contributed by atoms with van der Waals surface area (Å²) in [4.78, 5) is 6.84. The van der Waals surface area contributed by atoms with E-state index in [9.17, 15) is 8.42 Å². The van der Waals surface area contributed by atoms with Crippen LogP contribution in [0, 0.1) is 0 Å². The van der Waals surface area contributed by atoms with E-state index in [1.54, 1.807) is 25.2 Å². The molecule has 0 aliphatic carbocycles. The Morgan fingerprint density at radius 2 is 1.97 bits per heavy atom. The highest BCUT2D eigenvalue weighted by atomic mass is 32.2. The SMILES string of the molecule is CN=C(NCc1cccc(S(=O)(=O)NCCOC)c1)N1CC=C(c2ccccc2)CC1. The number of guanidine groups is 1. The summed E-state index contributed by atoms with van der Waals surface area (Å²) < 4.78 is 32.3. The highest BCUT2D eigenvalue weighted by Crippen LogP contribution is 2.22. The van der Waals surface area contributed by atoms with Gasteiger partial charge in [0.05, 0.1) is 11.5 Å². The highest BCUT2D eigenvalue weighted by molar-refractivity contribution is 7.89. The summed E-state index contributed by atoms with van der Waals surface area (Å²) in [6.45, 7) is 2.70. The maximum atomic E-state index is 12.4. The summed E-state index contributed by atoms with van der Waals surface area (Å²) in [5.41, 5.74) is 3.49. The minimum atomic E-state index is -3.56. The first-order chi connectivity index (χ1) is 15.0. The molecule has 1 aliphatic heterocycles. The molecule has 0 aromatic heterocycles. The number of rotatable bonds is 8. The van der Waals surface area contributed by atoms with E-state index >= 15 is 0 Å². The number of nitrogens with one attached hydrogen (secondary N) is 2. The molecule has 1 heterocycles. The molecule has 0 radical (unpaired) electrons. The fourth-order valence-electron chi connectivity index (χ4n) is 3.47. The summed E-state index contributed by atoms with van der Waals surface area (Å²) >= 11 is 0. The Morgan fingerprint density at radius 1 is 1.16 bits per heavy atom. The number of ether oxygens (including phenoxy) is 1. The van der Waals surface area contributed by atoms with Crippen molar-refractivity contribution in [3.63, 3.8) is 0 Å². The van der Waals surface area contributed by atoms with Gasteiger partial charge in [0.25, 0.3) is 0 Å². The Labute approximate surface area is 184 Å². The molecule has 2 aromatic carbocycles. The van der Waals surface area contributed by atoms with Crippen molar-refractivity contribution in [2.45, 2.75) is 17.9 Å². The maximum Gasteiger partial charge on any atom is 0.240 e. The first-order valence-corrected chi connectivity index (χ1v) is 11.8. The van der Waals surface area contributed by atoms with Gasteiger partial charge in [0.15, 0.2) is 5.96 Å². The quantitative estimate of drug-likeness (QED) is 0.373. The molecule has 166 valence electrons. The van der Waals surface area contributed by atoms with Gasteiger partial charge in [0, 0.05) is 40.3 Å². The number of aliphatic imine (C=N–C) groups is 1. The molecule has 8 heteroatoms. The molecule has 7 nitrogen and oxygen atoms in total. The van der Waals surface area contributed by atoms with Crippen molar-refractivity contribution in [2.24, 2.45) is 4.99 Å². The van der Waals surface area contributed by atoms with Crippen LogP contribution < -0.4 is 10.0 Å². The minimum Gasteiger partial charge on any atom is -0.383 e. The van der Waals surface area contributed by atoms with Crippen LogP contribution in [0.25, 0.3) is 5.57 Å². The zero-order valence-electron chi connectivity index (χ0n) is 18.0. The van der Waals surface area contributed by atoms with E-state index in [2.05, 4.69) is 50.3 Å². The summed E-state index contributed by atoms with van der Waals surface area (Å²) in [5, 5.41) is 3.35. The first-order valence-electron chi connectivity index (χ1n) is 10.3. The second-order valence-electron chi connectivity index (χ2n) is 7.23. The average molecular weight is 443 g/mol. The number of methoxy groups -OCH3 is 1. The van der Waals surface area contributed by atoms with Crippen molar-refractivity contribution in [1.29, 1.82) is 0 Å². The van der Waals surface area contributed by atoms with Crippen LogP contribution in [-0.4, -0.2) is 59.7 Å². The lowest BCUT2D eigenvalue weighted by Crippen LogP contribution is -2.43. The van der Waals surface area contributed by atoms with Crippen molar-refractivity contribution in [2.75, 3.05) is 40.4 Å². The maximum absolute atomic E-state index is 12.4. The van der Waals surface area contributed by atoms with Crippen molar-refractivity contribution < 1.29 is 13.2 Å². The third-order valence-electron chi connectivity index (χ3n) is 5.12. The second kappa shape index (κ2) is 11.1. The predicted octanol–water partition coefficient (Wildman–Crippen LogP) is 2.48. The van der Waals surface area contributed by atoms with Crippen LogP contribution in [0.4, 0.5) is 0 Å². The van der Waals surface area contributed by atoms with Crippen molar-refractivity contribution in [1.82, 2.24) is 14.9 Å². The van der Waals surface area contributed by atoms with Crippen LogP contribution in [0.1, 0.15) is 17.5 Å². The van der Waals surface area contributed by atoms with Crippen LogP contribution in [0.5, 0.6) is 0 Å². The molecular formula is C23H30N4O3S. The van der Waals surface area contributed by atoms with Crippen LogP contribution in [0.3, 0.4) is 0 Å². The van der Waals surface area contributed by atoms with E-state index in [1.165, 1.54) is 18.2 Å². The van der Waals surface area contributed by atoms with E-state index in [4.69, 9.17) is 4.74 Å². The Bertz CT molecular complexity index is 1020.